The minimum Gasteiger partial charge on any atom is -0.387 e. The molecule has 14 heavy (non-hydrogen) atoms. The Hall–Kier alpha value is -0.420. The third-order valence-electron chi connectivity index (χ3n) is 3.49. The van der Waals surface area contributed by atoms with Gasteiger partial charge in [0.1, 0.15) is 23.4 Å². The third-order valence-corrected chi connectivity index (χ3v) is 3.49. The zero-order chi connectivity index (χ0) is 10.4. The Morgan fingerprint density at radius 2 is 2.21 bits per heavy atom. The molecular formula is C10H16O4. The van der Waals surface area contributed by atoms with E-state index in [1.807, 2.05) is 6.92 Å². The molecule has 2 rings (SSSR count). The van der Waals surface area contributed by atoms with Gasteiger partial charge >= 0.3 is 0 Å². The van der Waals surface area contributed by atoms with Crippen LogP contribution < -0.4 is 0 Å². The molecule has 0 aromatic rings. The molecule has 0 bridgehead atoms. The molecule has 0 aliphatic carbocycles. The van der Waals surface area contributed by atoms with Gasteiger partial charge in [0.2, 0.25) is 0 Å². The Balaban J connectivity index is 2.39. The molecule has 0 radical (unpaired) electrons. The summed E-state index contributed by atoms with van der Waals surface area (Å²) in [6.07, 6.45) is 0.812. The van der Waals surface area contributed by atoms with Crippen LogP contribution in [-0.4, -0.2) is 48.8 Å². The molecule has 2 aliphatic rings. The fourth-order valence-corrected chi connectivity index (χ4v) is 2.47. The van der Waals surface area contributed by atoms with Gasteiger partial charge in [-0.25, -0.2) is 0 Å². The minimum absolute atomic E-state index is 0.155. The molecule has 0 spiro atoms. The van der Waals surface area contributed by atoms with Crippen molar-refractivity contribution in [1.82, 2.24) is 0 Å². The van der Waals surface area contributed by atoms with E-state index in [4.69, 9.17) is 14.2 Å². The Bertz CT molecular complexity index is 255. The van der Waals surface area contributed by atoms with E-state index in [2.05, 4.69) is 6.58 Å². The Morgan fingerprint density at radius 1 is 1.50 bits per heavy atom. The summed E-state index contributed by atoms with van der Waals surface area (Å²) >= 11 is 0. The van der Waals surface area contributed by atoms with Gasteiger partial charge in [0, 0.05) is 7.11 Å². The lowest BCUT2D eigenvalue weighted by molar-refractivity contribution is -0.0980. The van der Waals surface area contributed by atoms with E-state index in [-0.39, 0.29) is 12.7 Å². The summed E-state index contributed by atoms with van der Waals surface area (Å²) < 4.78 is 16.5. The Morgan fingerprint density at radius 3 is 2.79 bits per heavy atom. The van der Waals surface area contributed by atoms with Crippen LogP contribution in [0.4, 0.5) is 0 Å². The van der Waals surface area contributed by atoms with Crippen LogP contribution in [-0.2, 0) is 14.2 Å². The molecule has 0 aromatic carbocycles. The van der Waals surface area contributed by atoms with Crippen molar-refractivity contribution in [2.24, 2.45) is 0 Å². The van der Waals surface area contributed by atoms with Crippen LogP contribution in [0.25, 0.3) is 0 Å². The predicted molar refractivity (Wildman–Crippen MR) is 50.0 cm³/mol. The summed E-state index contributed by atoms with van der Waals surface area (Å²) in [5.41, 5.74) is -1.43. The highest BCUT2D eigenvalue weighted by atomic mass is 16.6. The first-order valence-electron chi connectivity index (χ1n) is 4.73. The molecule has 0 saturated carbocycles. The molecule has 2 saturated heterocycles. The second-order valence-corrected chi connectivity index (χ2v) is 3.97. The second-order valence-electron chi connectivity index (χ2n) is 3.97. The summed E-state index contributed by atoms with van der Waals surface area (Å²) in [4.78, 5) is 0. The maximum atomic E-state index is 9.85. The third kappa shape index (κ3) is 0.918. The van der Waals surface area contributed by atoms with E-state index in [1.165, 1.54) is 0 Å². The maximum Gasteiger partial charge on any atom is 0.145 e. The lowest BCUT2D eigenvalue weighted by Crippen LogP contribution is -2.54. The van der Waals surface area contributed by atoms with Crippen molar-refractivity contribution in [3.8, 4) is 0 Å². The molecule has 2 fully saturated rings. The number of aliphatic hydroxyl groups excluding tert-OH is 1. The van der Waals surface area contributed by atoms with Gasteiger partial charge in [0.05, 0.1) is 13.2 Å². The first kappa shape index (κ1) is 10.1. The molecule has 4 heteroatoms. The molecular weight excluding hydrogens is 184 g/mol. The standard InChI is InChI=1S/C10H16O4/c1-4-10-7(11)5-13-9(10,2)8(12-3)6-14-10/h4,7-8,11H,1,5-6H2,2-3H3/t7?,8?,9-,10-/m1/s1. The first-order chi connectivity index (χ1) is 6.60. The lowest BCUT2D eigenvalue weighted by Gasteiger charge is -2.35. The summed E-state index contributed by atoms with van der Waals surface area (Å²) in [5.74, 6) is 0. The van der Waals surface area contributed by atoms with Crippen molar-refractivity contribution >= 4 is 0 Å². The van der Waals surface area contributed by atoms with Gasteiger partial charge in [-0.3, -0.25) is 0 Å². The average molecular weight is 200 g/mol. The van der Waals surface area contributed by atoms with Gasteiger partial charge in [0.15, 0.2) is 0 Å². The molecule has 0 amide bonds. The number of methoxy groups -OCH3 is 1. The van der Waals surface area contributed by atoms with Gasteiger partial charge in [-0.15, -0.1) is 6.58 Å². The van der Waals surface area contributed by atoms with E-state index < -0.39 is 17.3 Å². The molecule has 0 aromatic heterocycles. The summed E-state index contributed by atoms with van der Waals surface area (Å²) in [6.45, 7) is 6.31. The van der Waals surface area contributed by atoms with Crippen LogP contribution in [0.3, 0.4) is 0 Å². The van der Waals surface area contributed by atoms with Gasteiger partial charge in [-0.05, 0) is 6.92 Å². The highest BCUT2D eigenvalue weighted by Crippen LogP contribution is 2.48. The Kier molecular flexibility index (Phi) is 2.19. The molecule has 2 aliphatic heterocycles. The zero-order valence-electron chi connectivity index (χ0n) is 8.53. The summed E-state index contributed by atoms with van der Waals surface area (Å²) in [6, 6.07) is 0. The van der Waals surface area contributed by atoms with Gasteiger partial charge in [0.25, 0.3) is 0 Å². The quantitative estimate of drug-likeness (QED) is 0.642. The van der Waals surface area contributed by atoms with Crippen molar-refractivity contribution in [2.75, 3.05) is 20.3 Å². The number of rotatable bonds is 2. The summed E-state index contributed by atoms with van der Waals surface area (Å²) in [5, 5.41) is 9.85. The Labute approximate surface area is 83.5 Å². The van der Waals surface area contributed by atoms with Crippen LogP contribution in [0.1, 0.15) is 6.92 Å². The van der Waals surface area contributed by atoms with Crippen LogP contribution in [0.2, 0.25) is 0 Å². The number of aliphatic hydroxyl groups is 1. The largest absolute Gasteiger partial charge is 0.387 e. The smallest absolute Gasteiger partial charge is 0.145 e. The van der Waals surface area contributed by atoms with Crippen molar-refractivity contribution in [2.45, 2.75) is 30.3 Å². The normalized spacial score (nSPS) is 51.9. The molecule has 2 heterocycles. The fourth-order valence-electron chi connectivity index (χ4n) is 2.47. The van der Waals surface area contributed by atoms with Crippen molar-refractivity contribution in [3.63, 3.8) is 0 Å². The highest BCUT2D eigenvalue weighted by Gasteiger charge is 2.66. The van der Waals surface area contributed by atoms with E-state index >= 15 is 0 Å². The number of hydrogen-bond donors (Lipinski definition) is 1. The monoisotopic (exact) mass is 200 g/mol. The molecule has 2 unspecified atom stereocenters. The predicted octanol–water partition coefficient (Wildman–Crippen LogP) is 0.106. The minimum atomic E-state index is -0.812. The molecule has 1 N–H and O–H groups in total. The highest BCUT2D eigenvalue weighted by molar-refractivity contribution is 5.23. The van der Waals surface area contributed by atoms with Crippen molar-refractivity contribution < 1.29 is 19.3 Å². The lowest BCUT2D eigenvalue weighted by atomic mass is 9.81. The van der Waals surface area contributed by atoms with E-state index in [0.717, 1.165) is 0 Å². The van der Waals surface area contributed by atoms with Gasteiger partial charge in [-0.1, -0.05) is 6.08 Å². The summed E-state index contributed by atoms with van der Waals surface area (Å²) in [7, 11) is 1.62. The van der Waals surface area contributed by atoms with Gasteiger partial charge < -0.3 is 19.3 Å². The topological polar surface area (TPSA) is 47.9 Å². The molecule has 4 nitrogen and oxygen atoms in total. The van der Waals surface area contributed by atoms with Crippen LogP contribution in [0, 0.1) is 0 Å². The van der Waals surface area contributed by atoms with Crippen LogP contribution >= 0.6 is 0 Å². The first-order valence-corrected chi connectivity index (χ1v) is 4.73. The SMILES string of the molecule is C=C[C@]12OCC(OC)[C@@]1(C)OCC2O. The van der Waals surface area contributed by atoms with Crippen LogP contribution in [0.5, 0.6) is 0 Å². The second kappa shape index (κ2) is 3.03. The van der Waals surface area contributed by atoms with Gasteiger partial charge in [-0.2, -0.15) is 0 Å². The molecule has 4 atom stereocenters. The fraction of sp³-hybridized carbons (Fsp3) is 0.800. The van der Waals surface area contributed by atoms with Crippen molar-refractivity contribution in [1.29, 1.82) is 0 Å². The van der Waals surface area contributed by atoms with Crippen LogP contribution in [0.15, 0.2) is 12.7 Å². The number of fused-ring (bicyclic) bond motifs is 1. The van der Waals surface area contributed by atoms with E-state index in [9.17, 15) is 5.11 Å². The van der Waals surface area contributed by atoms with Crippen molar-refractivity contribution in [3.05, 3.63) is 12.7 Å². The number of hydrogen-bond acceptors (Lipinski definition) is 4. The van der Waals surface area contributed by atoms with E-state index in [0.29, 0.717) is 6.61 Å². The maximum absolute atomic E-state index is 9.85. The zero-order valence-corrected chi connectivity index (χ0v) is 8.53. The number of ether oxygens (including phenoxy) is 3. The average Bonchev–Trinajstić information content (AvgIpc) is 2.60. The van der Waals surface area contributed by atoms with E-state index in [1.54, 1.807) is 13.2 Å². The molecule has 80 valence electrons.